The second kappa shape index (κ2) is 7.95. The Morgan fingerprint density at radius 1 is 0.929 bits per heavy atom. The van der Waals surface area contributed by atoms with Crippen molar-refractivity contribution in [1.82, 2.24) is 0 Å². The molecule has 2 heteroatoms. The largest absolute Gasteiger partial charge is 0.370 e. The topological polar surface area (TPSA) is 9.23 Å². The summed E-state index contributed by atoms with van der Waals surface area (Å²) in [6.07, 6.45) is 12.8. The minimum absolute atomic E-state index is 0.164. The van der Waals surface area contributed by atoms with Gasteiger partial charge in [-0.2, -0.15) is 0 Å². The van der Waals surface area contributed by atoms with Crippen molar-refractivity contribution in [3.05, 3.63) is 47.0 Å². The van der Waals surface area contributed by atoms with Crippen LogP contribution in [-0.4, -0.2) is 36.3 Å². The minimum atomic E-state index is 0.164. The van der Waals surface area contributed by atoms with E-state index >= 15 is 0 Å². The first-order valence-corrected chi connectivity index (χ1v) is 11.6. The number of rotatable bonds is 5. The van der Waals surface area contributed by atoms with E-state index in [9.17, 15) is 0 Å². The molecule has 1 heterocycles. The number of quaternary nitrogens is 1. The van der Waals surface area contributed by atoms with Crippen LogP contribution in [0.2, 0.25) is 0 Å². The quantitative estimate of drug-likeness (QED) is 0.431. The number of hydrogen-bond acceptors (Lipinski definition) is 1. The summed E-state index contributed by atoms with van der Waals surface area (Å²) in [6.45, 7) is 5.98. The second-order valence-electron chi connectivity index (χ2n) is 10.7. The fraction of sp³-hybridized carbons (Fsp3) is 0.692. The molecular weight excluding hydrogens is 342 g/mol. The van der Waals surface area contributed by atoms with Crippen LogP contribution in [0.4, 0.5) is 0 Å². The molecule has 28 heavy (non-hydrogen) atoms. The number of hydrogen-bond donors (Lipinski definition) is 0. The first-order chi connectivity index (χ1) is 13.4. The Morgan fingerprint density at radius 3 is 2.36 bits per heavy atom. The van der Waals surface area contributed by atoms with Crippen LogP contribution in [0, 0.1) is 5.92 Å². The third kappa shape index (κ3) is 3.96. The molecule has 2 aliphatic carbocycles. The summed E-state index contributed by atoms with van der Waals surface area (Å²) in [5, 5.41) is 0. The van der Waals surface area contributed by atoms with Gasteiger partial charge in [-0.05, 0) is 57.9 Å². The van der Waals surface area contributed by atoms with Gasteiger partial charge < -0.3 is 9.22 Å². The molecule has 0 bridgehead atoms. The van der Waals surface area contributed by atoms with Crippen LogP contribution in [0.15, 0.2) is 41.5 Å². The minimum Gasteiger partial charge on any atom is -0.370 e. The number of nitrogens with zero attached hydrogens (tertiary/aromatic N) is 1. The SMILES string of the molecule is CC(C)(C[C@@H]1O[C@H]2CCCC[C@H]2C2=C1CCCC2)[N+](C)(C)Cc1ccccc1. The van der Waals surface area contributed by atoms with E-state index in [-0.39, 0.29) is 5.54 Å². The van der Waals surface area contributed by atoms with Crippen molar-refractivity contribution >= 4 is 0 Å². The fourth-order valence-corrected chi connectivity index (χ4v) is 5.82. The second-order valence-corrected chi connectivity index (χ2v) is 10.7. The lowest BCUT2D eigenvalue weighted by Crippen LogP contribution is -2.57. The molecule has 1 aromatic carbocycles. The summed E-state index contributed by atoms with van der Waals surface area (Å²) in [4.78, 5) is 0. The molecule has 1 aliphatic heterocycles. The molecule has 154 valence electrons. The third-order valence-corrected chi connectivity index (χ3v) is 8.18. The van der Waals surface area contributed by atoms with E-state index in [0.717, 1.165) is 23.4 Å². The van der Waals surface area contributed by atoms with E-state index in [1.807, 2.05) is 5.57 Å². The van der Waals surface area contributed by atoms with E-state index in [1.54, 1.807) is 5.57 Å². The van der Waals surface area contributed by atoms with Gasteiger partial charge in [-0.25, -0.2) is 0 Å². The number of ether oxygens (including phenoxy) is 1. The molecule has 2 nitrogen and oxygen atoms in total. The molecule has 0 spiro atoms. The van der Waals surface area contributed by atoms with E-state index < -0.39 is 0 Å². The molecule has 0 amide bonds. The molecular formula is C26H40NO+. The van der Waals surface area contributed by atoms with Gasteiger partial charge in [0.2, 0.25) is 0 Å². The van der Waals surface area contributed by atoms with Gasteiger partial charge in [-0.3, -0.25) is 0 Å². The van der Waals surface area contributed by atoms with Gasteiger partial charge in [0.05, 0.1) is 31.8 Å². The summed E-state index contributed by atoms with van der Waals surface area (Å²) in [6, 6.07) is 11.0. The summed E-state index contributed by atoms with van der Waals surface area (Å²) >= 11 is 0. The van der Waals surface area contributed by atoms with Gasteiger partial charge in [-0.15, -0.1) is 0 Å². The Kier molecular flexibility index (Phi) is 5.73. The predicted molar refractivity (Wildman–Crippen MR) is 117 cm³/mol. The van der Waals surface area contributed by atoms with Gasteiger partial charge in [0.15, 0.2) is 0 Å². The lowest BCUT2D eigenvalue weighted by atomic mass is 9.71. The van der Waals surface area contributed by atoms with E-state index in [4.69, 9.17) is 4.74 Å². The van der Waals surface area contributed by atoms with E-state index in [1.165, 1.54) is 56.9 Å². The predicted octanol–water partition coefficient (Wildman–Crippen LogP) is 6.26. The molecule has 0 aromatic heterocycles. The molecule has 1 aromatic rings. The average molecular weight is 383 g/mol. The van der Waals surface area contributed by atoms with Crippen LogP contribution in [-0.2, 0) is 11.3 Å². The molecule has 3 atom stereocenters. The normalized spacial score (nSPS) is 28.6. The highest BCUT2D eigenvalue weighted by molar-refractivity contribution is 5.28. The van der Waals surface area contributed by atoms with Crippen molar-refractivity contribution in [2.75, 3.05) is 14.1 Å². The Labute approximate surface area is 172 Å². The van der Waals surface area contributed by atoms with Crippen molar-refractivity contribution in [2.24, 2.45) is 5.92 Å². The van der Waals surface area contributed by atoms with Crippen LogP contribution in [0.1, 0.15) is 77.2 Å². The Bertz CT molecular complexity index is 702. The maximum absolute atomic E-state index is 6.87. The van der Waals surface area contributed by atoms with Crippen LogP contribution >= 0.6 is 0 Å². The zero-order chi connectivity index (χ0) is 19.8. The lowest BCUT2D eigenvalue weighted by molar-refractivity contribution is -0.951. The summed E-state index contributed by atoms with van der Waals surface area (Å²) in [7, 11) is 4.80. The van der Waals surface area contributed by atoms with Gasteiger partial charge in [0, 0.05) is 17.9 Å². The van der Waals surface area contributed by atoms with Crippen LogP contribution < -0.4 is 0 Å². The third-order valence-electron chi connectivity index (χ3n) is 8.18. The number of benzene rings is 1. The Hall–Kier alpha value is -1.12. The molecule has 4 rings (SSSR count). The van der Waals surface area contributed by atoms with Crippen LogP contribution in [0.25, 0.3) is 0 Å². The first-order valence-electron chi connectivity index (χ1n) is 11.6. The van der Waals surface area contributed by atoms with Crippen molar-refractivity contribution in [3.8, 4) is 0 Å². The van der Waals surface area contributed by atoms with E-state index in [0.29, 0.717) is 12.2 Å². The van der Waals surface area contributed by atoms with Crippen molar-refractivity contribution in [1.29, 1.82) is 0 Å². The van der Waals surface area contributed by atoms with Gasteiger partial charge in [-0.1, -0.05) is 48.7 Å². The van der Waals surface area contributed by atoms with E-state index in [2.05, 4.69) is 58.3 Å². The molecule has 1 saturated carbocycles. The lowest BCUT2D eigenvalue weighted by Gasteiger charge is -2.50. The summed E-state index contributed by atoms with van der Waals surface area (Å²) in [5.74, 6) is 0.746. The monoisotopic (exact) mass is 382 g/mol. The zero-order valence-electron chi connectivity index (χ0n) is 18.5. The molecule has 3 aliphatic rings. The smallest absolute Gasteiger partial charge is 0.104 e. The highest BCUT2D eigenvalue weighted by atomic mass is 16.5. The highest BCUT2D eigenvalue weighted by Gasteiger charge is 2.45. The Morgan fingerprint density at radius 2 is 1.61 bits per heavy atom. The van der Waals surface area contributed by atoms with Crippen molar-refractivity contribution in [2.45, 2.75) is 95.9 Å². The average Bonchev–Trinajstić information content (AvgIpc) is 2.68. The first kappa shape index (κ1) is 20.2. The maximum atomic E-state index is 6.87. The van der Waals surface area contributed by atoms with Crippen LogP contribution in [0.3, 0.4) is 0 Å². The zero-order valence-corrected chi connectivity index (χ0v) is 18.5. The summed E-state index contributed by atoms with van der Waals surface area (Å²) < 4.78 is 7.87. The van der Waals surface area contributed by atoms with Gasteiger partial charge in [0.25, 0.3) is 0 Å². The van der Waals surface area contributed by atoms with Crippen molar-refractivity contribution in [3.63, 3.8) is 0 Å². The summed E-state index contributed by atoms with van der Waals surface area (Å²) in [5.41, 5.74) is 5.13. The molecule has 0 saturated heterocycles. The van der Waals surface area contributed by atoms with Gasteiger partial charge >= 0.3 is 0 Å². The molecule has 1 fully saturated rings. The molecule has 0 radical (unpaired) electrons. The molecule has 0 unspecified atom stereocenters. The van der Waals surface area contributed by atoms with Gasteiger partial charge in [0.1, 0.15) is 6.54 Å². The van der Waals surface area contributed by atoms with Crippen molar-refractivity contribution < 1.29 is 9.22 Å². The standard InChI is InChI=1S/C26H40NO/c1-26(2,27(3,4)19-20-12-6-5-7-13-20)18-25-23-16-9-8-14-21(23)22-15-10-11-17-24(22)28-25/h5-7,12-13,22,24-25H,8-11,14-19H2,1-4H3/q+1/t22-,24-,25-/m0/s1. The van der Waals surface area contributed by atoms with Crippen LogP contribution in [0.5, 0.6) is 0 Å². The maximum Gasteiger partial charge on any atom is 0.104 e. The highest BCUT2D eigenvalue weighted by Crippen LogP contribution is 2.47. The Balaban J connectivity index is 1.55. The fourth-order valence-electron chi connectivity index (χ4n) is 5.82. The molecule has 0 N–H and O–H groups in total. The number of fused-ring (bicyclic) bond motifs is 2.